The summed E-state index contributed by atoms with van der Waals surface area (Å²) in [4.78, 5) is 4.13. The van der Waals surface area contributed by atoms with Gasteiger partial charge in [-0.3, -0.25) is 0 Å². The molecule has 0 fully saturated rings. The van der Waals surface area contributed by atoms with Gasteiger partial charge in [-0.15, -0.1) is 0 Å². The van der Waals surface area contributed by atoms with Crippen molar-refractivity contribution in [3.8, 4) is 6.07 Å². The van der Waals surface area contributed by atoms with E-state index in [9.17, 15) is 0 Å². The average molecular weight is 264 g/mol. The summed E-state index contributed by atoms with van der Waals surface area (Å²) in [5.74, 6) is 0.684. The molecule has 1 aliphatic heterocycles. The second kappa shape index (κ2) is 6.39. The summed E-state index contributed by atoms with van der Waals surface area (Å²) in [7, 11) is 0. The van der Waals surface area contributed by atoms with Crippen LogP contribution in [0, 0.1) is 11.3 Å². The van der Waals surface area contributed by atoms with Crippen LogP contribution >= 0.6 is 11.6 Å². The molecule has 0 aliphatic carbocycles. The molecule has 0 radical (unpaired) electrons. The summed E-state index contributed by atoms with van der Waals surface area (Å²) < 4.78 is 5.25. The number of hydrogen-bond acceptors (Lipinski definition) is 4. The van der Waals surface area contributed by atoms with E-state index in [1.165, 1.54) is 5.57 Å². The summed E-state index contributed by atoms with van der Waals surface area (Å²) in [5, 5.41) is 12.4. The fourth-order valence-electron chi connectivity index (χ4n) is 1.76. The molecular weight excluding hydrogens is 250 g/mol. The first-order valence-corrected chi connectivity index (χ1v) is 6.23. The summed E-state index contributed by atoms with van der Waals surface area (Å²) in [5.41, 5.74) is 1.66. The zero-order valence-electron chi connectivity index (χ0n) is 9.95. The molecule has 18 heavy (non-hydrogen) atoms. The number of halogens is 1. The number of nitriles is 1. The topological polar surface area (TPSA) is 57.9 Å². The van der Waals surface area contributed by atoms with Gasteiger partial charge in [-0.25, -0.2) is 4.98 Å². The molecule has 1 aromatic rings. The highest BCUT2D eigenvalue weighted by molar-refractivity contribution is 6.31. The molecule has 0 unspecified atom stereocenters. The zero-order valence-corrected chi connectivity index (χ0v) is 10.7. The lowest BCUT2D eigenvalue weighted by molar-refractivity contribution is 0.153. The van der Waals surface area contributed by atoms with E-state index in [1.807, 2.05) is 6.07 Å². The van der Waals surface area contributed by atoms with Crippen molar-refractivity contribution in [3.05, 3.63) is 34.5 Å². The predicted octanol–water partition coefficient (Wildman–Crippen LogP) is 2.76. The van der Waals surface area contributed by atoms with Crippen molar-refractivity contribution >= 4 is 17.4 Å². The number of anilines is 1. The summed E-state index contributed by atoms with van der Waals surface area (Å²) >= 11 is 5.82. The molecule has 1 aliphatic rings. The number of ether oxygens (including phenoxy) is 1. The van der Waals surface area contributed by atoms with Gasteiger partial charge in [-0.1, -0.05) is 23.3 Å². The molecule has 0 atom stereocenters. The molecule has 0 amide bonds. The lowest BCUT2D eigenvalue weighted by Gasteiger charge is -2.13. The molecule has 4 nitrogen and oxygen atoms in total. The van der Waals surface area contributed by atoms with Crippen molar-refractivity contribution in [1.29, 1.82) is 5.26 Å². The Bertz CT molecular complexity index is 493. The smallest absolute Gasteiger partial charge is 0.161 e. The Morgan fingerprint density at radius 2 is 2.39 bits per heavy atom. The second-order valence-corrected chi connectivity index (χ2v) is 4.41. The molecule has 0 spiro atoms. The number of nitrogens with one attached hydrogen (secondary N) is 1. The van der Waals surface area contributed by atoms with Crippen LogP contribution in [0.3, 0.4) is 0 Å². The van der Waals surface area contributed by atoms with Crippen molar-refractivity contribution < 1.29 is 4.74 Å². The van der Waals surface area contributed by atoms with Crippen LogP contribution in [-0.2, 0) is 4.74 Å². The van der Waals surface area contributed by atoms with Crippen LogP contribution in [-0.4, -0.2) is 24.7 Å². The highest BCUT2D eigenvalue weighted by atomic mass is 35.5. The minimum Gasteiger partial charge on any atom is -0.377 e. The maximum atomic E-state index is 8.82. The molecule has 5 heteroatoms. The van der Waals surface area contributed by atoms with Crippen LogP contribution in [0.15, 0.2) is 23.8 Å². The van der Waals surface area contributed by atoms with Gasteiger partial charge in [0.2, 0.25) is 0 Å². The fraction of sp³-hybridized carbons (Fsp3) is 0.385. The van der Waals surface area contributed by atoms with Gasteiger partial charge in [-0.05, 0) is 25.0 Å². The van der Waals surface area contributed by atoms with E-state index in [-0.39, 0.29) is 5.69 Å². The van der Waals surface area contributed by atoms with Gasteiger partial charge in [0.05, 0.1) is 18.2 Å². The standard InChI is InChI=1S/C13H14ClN3O/c14-11-1-2-13(17-12(11)9-15)16-6-3-10-4-7-18-8-5-10/h1-2,4H,3,5-8H2,(H,16,17). The van der Waals surface area contributed by atoms with Gasteiger partial charge in [-0.2, -0.15) is 5.26 Å². The minimum atomic E-state index is 0.256. The molecule has 94 valence electrons. The first-order chi connectivity index (χ1) is 8.79. The quantitative estimate of drug-likeness (QED) is 0.849. The Morgan fingerprint density at radius 3 is 3.11 bits per heavy atom. The SMILES string of the molecule is N#Cc1nc(NCCC2=CCOCC2)ccc1Cl. The van der Waals surface area contributed by atoms with Gasteiger partial charge >= 0.3 is 0 Å². The van der Waals surface area contributed by atoms with Crippen LogP contribution in [0.2, 0.25) is 5.02 Å². The van der Waals surface area contributed by atoms with E-state index in [0.717, 1.165) is 26.0 Å². The molecule has 1 N–H and O–H groups in total. The highest BCUT2D eigenvalue weighted by Gasteiger charge is 2.05. The minimum absolute atomic E-state index is 0.256. The van der Waals surface area contributed by atoms with Crippen LogP contribution < -0.4 is 5.32 Å². The Kier molecular flexibility index (Phi) is 4.57. The van der Waals surface area contributed by atoms with Crippen LogP contribution in [0.25, 0.3) is 0 Å². The Hall–Kier alpha value is -1.57. The fourth-order valence-corrected chi connectivity index (χ4v) is 1.91. The molecule has 0 bridgehead atoms. The van der Waals surface area contributed by atoms with Crippen molar-refractivity contribution in [1.82, 2.24) is 4.98 Å². The van der Waals surface area contributed by atoms with Crippen LogP contribution in [0.1, 0.15) is 18.5 Å². The molecular formula is C13H14ClN3O. The predicted molar refractivity (Wildman–Crippen MR) is 70.6 cm³/mol. The molecule has 0 saturated heterocycles. The van der Waals surface area contributed by atoms with Gasteiger partial charge < -0.3 is 10.1 Å². The summed E-state index contributed by atoms with van der Waals surface area (Å²) in [6.07, 6.45) is 4.09. The van der Waals surface area contributed by atoms with E-state index >= 15 is 0 Å². The third-order valence-electron chi connectivity index (χ3n) is 2.76. The highest BCUT2D eigenvalue weighted by Crippen LogP contribution is 2.16. The maximum Gasteiger partial charge on any atom is 0.161 e. The van der Waals surface area contributed by atoms with Crippen molar-refractivity contribution in [2.75, 3.05) is 25.1 Å². The van der Waals surface area contributed by atoms with Gasteiger partial charge in [0.1, 0.15) is 11.9 Å². The first kappa shape index (κ1) is 12.9. The zero-order chi connectivity index (χ0) is 12.8. The van der Waals surface area contributed by atoms with Crippen molar-refractivity contribution in [3.63, 3.8) is 0 Å². The number of pyridine rings is 1. The van der Waals surface area contributed by atoms with Gasteiger partial charge in [0, 0.05) is 6.54 Å². The second-order valence-electron chi connectivity index (χ2n) is 4.00. The number of aromatic nitrogens is 1. The third kappa shape index (κ3) is 3.46. The Balaban J connectivity index is 1.87. The largest absolute Gasteiger partial charge is 0.377 e. The summed E-state index contributed by atoms with van der Waals surface area (Å²) in [6, 6.07) is 5.43. The normalized spacial score (nSPS) is 14.8. The van der Waals surface area contributed by atoms with E-state index in [2.05, 4.69) is 16.4 Å². The molecule has 1 aromatic heterocycles. The molecule has 0 saturated carbocycles. The van der Waals surface area contributed by atoms with E-state index in [1.54, 1.807) is 12.1 Å². The van der Waals surface area contributed by atoms with Crippen LogP contribution in [0.5, 0.6) is 0 Å². The average Bonchev–Trinajstić information content (AvgIpc) is 2.42. The summed E-state index contributed by atoms with van der Waals surface area (Å²) in [6.45, 7) is 2.32. The lowest BCUT2D eigenvalue weighted by atomic mass is 10.1. The molecule has 0 aromatic carbocycles. The third-order valence-corrected chi connectivity index (χ3v) is 3.07. The van der Waals surface area contributed by atoms with Gasteiger partial charge in [0.25, 0.3) is 0 Å². The number of rotatable bonds is 4. The van der Waals surface area contributed by atoms with E-state index in [4.69, 9.17) is 21.6 Å². The molecule has 2 heterocycles. The Morgan fingerprint density at radius 1 is 1.50 bits per heavy atom. The van der Waals surface area contributed by atoms with Crippen LogP contribution in [0.4, 0.5) is 5.82 Å². The monoisotopic (exact) mass is 263 g/mol. The van der Waals surface area contributed by atoms with Crippen molar-refractivity contribution in [2.24, 2.45) is 0 Å². The van der Waals surface area contributed by atoms with Crippen molar-refractivity contribution in [2.45, 2.75) is 12.8 Å². The number of hydrogen-bond donors (Lipinski definition) is 1. The number of nitrogens with zero attached hydrogens (tertiary/aromatic N) is 2. The van der Waals surface area contributed by atoms with E-state index < -0.39 is 0 Å². The Labute approximate surface area is 111 Å². The van der Waals surface area contributed by atoms with E-state index in [0.29, 0.717) is 17.4 Å². The lowest BCUT2D eigenvalue weighted by Crippen LogP contribution is -2.09. The maximum absolute atomic E-state index is 8.82. The molecule has 2 rings (SSSR count). The first-order valence-electron chi connectivity index (χ1n) is 5.86. The van der Waals surface area contributed by atoms with Gasteiger partial charge in [0.15, 0.2) is 5.69 Å².